The van der Waals surface area contributed by atoms with Crippen molar-refractivity contribution >= 4 is 0 Å². The standard InChI is InChI=1S/C17H30.C2H4/c1-13-7-4-3-5-8-15-14(13)10-12-17(2)11-6-9-16(15)17;1-2/h13-16H,3-12H2,1-2H3;1-2H2. The van der Waals surface area contributed by atoms with Gasteiger partial charge >= 0.3 is 0 Å². The molecular weight excluding hydrogens is 228 g/mol. The minimum atomic E-state index is 0.750. The minimum absolute atomic E-state index is 0.750. The van der Waals surface area contributed by atoms with E-state index >= 15 is 0 Å². The molecule has 0 aromatic heterocycles. The highest BCUT2D eigenvalue weighted by Crippen LogP contribution is 2.59. The topological polar surface area (TPSA) is 0 Å². The average molecular weight is 262 g/mol. The summed E-state index contributed by atoms with van der Waals surface area (Å²) in [5, 5.41) is 0. The van der Waals surface area contributed by atoms with Gasteiger partial charge in [-0.15, -0.1) is 13.2 Å². The number of fused-ring (bicyclic) bond motifs is 3. The van der Waals surface area contributed by atoms with E-state index in [2.05, 4.69) is 27.0 Å². The van der Waals surface area contributed by atoms with Gasteiger partial charge in [0.1, 0.15) is 0 Å². The second-order valence-corrected chi connectivity index (χ2v) is 7.63. The van der Waals surface area contributed by atoms with Gasteiger partial charge in [0, 0.05) is 0 Å². The molecule has 0 aromatic rings. The molecule has 0 bridgehead atoms. The molecule has 3 fully saturated rings. The average Bonchev–Trinajstić information content (AvgIpc) is 2.79. The van der Waals surface area contributed by atoms with Crippen LogP contribution in [-0.2, 0) is 0 Å². The minimum Gasteiger partial charge on any atom is -0.106 e. The lowest BCUT2D eigenvalue weighted by Crippen LogP contribution is -2.41. The van der Waals surface area contributed by atoms with Crippen LogP contribution in [0.5, 0.6) is 0 Å². The Balaban J connectivity index is 0.000000637. The van der Waals surface area contributed by atoms with Crippen LogP contribution < -0.4 is 0 Å². The van der Waals surface area contributed by atoms with Crippen LogP contribution in [0.1, 0.15) is 78.1 Å². The molecule has 0 spiro atoms. The Morgan fingerprint density at radius 2 is 1.53 bits per heavy atom. The molecule has 0 aromatic carbocycles. The van der Waals surface area contributed by atoms with Gasteiger partial charge in [0.05, 0.1) is 0 Å². The molecule has 3 aliphatic carbocycles. The zero-order chi connectivity index (χ0) is 13.9. The van der Waals surface area contributed by atoms with Gasteiger partial charge in [-0.25, -0.2) is 0 Å². The van der Waals surface area contributed by atoms with Gasteiger partial charge in [0.2, 0.25) is 0 Å². The summed E-state index contributed by atoms with van der Waals surface area (Å²) < 4.78 is 0. The summed E-state index contributed by atoms with van der Waals surface area (Å²) in [5.74, 6) is 4.31. The second kappa shape index (κ2) is 6.46. The first-order chi connectivity index (χ1) is 9.21. The van der Waals surface area contributed by atoms with Crippen molar-refractivity contribution in [2.75, 3.05) is 0 Å². The predicted molar refractivity (Wildman–Crippen MR) is 85.2 cm³/mol. The van der Waals surface area contributed by atoms with Crippen molar-refractivity contribution in [3.63, 3.8) is 0 Å². The molecule has 0 nitrogen and oxygen atoms in total. The Labute approximate surface area is 121 Å². The summed E-state index contributed by atoms with van der Waals surface area (Å²) >= 11 is 0. The van der Waals surface area contributed by atoms with Gasteiger partial charge in [-0.1, -0.05) is 46.0 Å². The first-order valence-corrected chi connectivity index (χ1v) is 8.71. The van der Waals surface area contributed by atoms with Crippen LogP contribution in [0.2, 0.25) is 0 Å². The molecule has 5 atom stereocenters. The fourth-order valence-corrected chi connectivity index (χ4v) is 5.67. The molecule has 0 aliphatic heterocycles. The first-order valence-electron chi connectivity index (χ1n) is 8.71. The summed E-state index contributed by atoms with van der Waals surface area (Å²) in [6, 6.07) is 0. The summed E-state index contributed by atoms with van der Waals surface area (Å²) in [5.41, 5.74) is 0.750. The molecule has 0 heterocycles. The maximum atomic E-state index is 3.00. The third-order valence-corrected chi connectivity index (χ3v) is 6.70. The third kappa shape index (κ3) is 2.93. The van der Waals surface area contributed by atoms with Crippen molar-refractivity contribution < 1.29 is 0 Å². The molecule has 3 saturated carbocycles. The quantitative estimate of drug-likeness (QED) is 0.454. The van der Waals surface area contributed by atoms with E-state index in [0.717, 1.165) is 29.1 Å². The SMILES string of the molecule is C=C.CC1CCCCCC2C1CCC1(C)CCCC21. The van der Waals surface area contributed by atoms with Crippen LogP contribution in [0.4, 0.5) is 0 Å². The van der Waals surface area contributed by atoms with E-state index < -0.39 is 0 Å². The lowest BCUT2D eigenvalue weighted by molar-refractivity contribution is 0.00371. The largest absolute Gasteiger partial charge is 0.106 e. The lowest BCUT2D eigenvalue weighted by Gasteiger charge is -2.49. The number of hydrogen-bond acceptors (Lipinski definition) is 0. The van der Waals surface area contributed by atoms with Gasteiger partial charge < -0.3 is 0 Å². The molecule has 19 heavy (non-hydrogen) atoms. The van der Waals surface area contributed by atoms with E-state index in [1.54, 1.807) is 25.7 Å². The van der Waals surface area contributed by atoms with Gasteiger partial charge in [-0.2, -0.15) is 0 Å². The Morgan fingerprint density at radius 1 is 0.789 bits per heavy atom. The van der Waals surface area contributed by atoms with Crippen LogP contribution in [0.3, 0.4) is 0 Å². The fraction of sp³-hybridized carbons (Fsp3) is 0.895. The molecule has 3 aliphatic rings. The van der Waals surface area contributed by atoms with Crippen LogP contribution in [0.25, 0.3) is 0 Å². The highest BCUT2D eigenvalue weighted by molar-refractivity contribution is 4.99. The Hall–Kier alpha value is -0.260. The first kappa shape index (κ1) is 15.1. The van der Waals surface area contributed by atoms with E-state index in [4.69, 9.17) is 0 Å². The maximum Gasteiger partial charge on any atom is -0.0295 e. The van der Waals surface area contributed by atoms with E-state index in [0.29, 0.717) is 0 Å². The molecule has 0 saturated heterocycles. The van der Waals surface area contributed by atoms with E-state index in [1.165, 1.54) is 38.5 Å². The summed E-state index contributed by atoms with van der Waals surface area (Å²) in [7, 11) is 0. The van der Waals surface area contributed by atoms with Crippen LogP contribution in [0.15, 0.2) is 13.2 Å². The normalized spacial score (nSPS) is 46.0. The van der Waals surface area contributed by atoms with Crippen molar-refractivity contribution in [1.82, 2.24) is 0 Å². The maximum absolute atomic E-state index is 3.00. The van der Waals surface area contributed by atoms with Gasteiger partial charge in [-0.05, 0) is 61.2 Å². The Bertz CT molecular complexity index is 282. The monoisotopic (exact) mass is 262 g/mol. The molecule has 5 unspecified atom stereocenters. The molecule has 0 heteroatoms. The van der Waals surface area contributed by atoms with Crippen molar-refractivity contribution in [1.29, 1.82) is 0 Å². The predicted octanol–water partition coefficient (Wildman–Crippen LogP) is 6.22. The zero-order valence-electron chi connectivity index (χ0n) is 13.3. The molecule has 110 valence electrons. The summed E-state index contributed by atoms with van der Waals surface area (Å²) in [4.78, 5) is 0. The molecule has 0 amide bonds. The van der Waals surface area contributed by atoms with E-state index in [-0.39, 0.29) is 0 Å². The molecule has 3 rings (SSSR count). The van der Waals surface area contributed by atoms with Crippen molar-refractivity contribution in [3.8, 4) is 0 Å². The van der Waals surface area contributed by atoms with Crippen LogP contribution >= 0.6 is 0 Å². The van der Waals surface area contributed by atoms with E-state index in [1.807, 2.05) is 0 Å². The third-order valence-electron chi connectivity index (χ3n) is 6.70. The summed E-state index contributed by atoms with van der Waals surface area (Å²) in [6.07, 6.45) is 15.4. The van der Waals surface area contributed by atoms with Crippen molar-refractivity contribution in [3.05, 3.63) is 13.2 Å². The second-order valence-electron chi connectivity index (χ2n) is 7.63. The molecule has 0 N–H and O–H groups in total. The summed E-state index contributed by atoms with van der Waals surface area (Å²) in [6.45, 7) is 11.2. The van der Waals surface area contributed by atoms with E-state index in [9.17, 15) is 0 Å². The highest BCUT2D eigenvalue weighted by Gasteiger charge is 2.49. The van der Waals surface area contributed by atoms with Gasteiger partial charge in [0.25, 0.3) is 0 Å². The van der Waals surface area contributed by atoms with Crippen molar-refractivity contribution in [2.45, 2.75) is 78.1 Å². The highest BCUT2D eigenvalue weighted by atomic mass is 14.5. The Kier molecular flexibility index (Phi) is 5.15. The van der Waals surface area contributed by atoms with Gasteiger partial charge in [-0.3, -0.25) is 0 Å². The smallest absolute Gasteiger partial charge is 0.0295 e. The van der Waals surface area contributed by atoms with Gasteiger partial charge in [0.15, 0.2) is 0 Å². The molecular formula is C19H34. The lowest BCUT2D eigenvalue weighted by atomic mass is 9.56. The number of rotatable bonds is 0. The Morgan fingerprint density at radius 3 is 2.32 bits per heavy atom. The zero-order valence-corrected chi connectivity index (χ0v) is 13.3. The molecule has 0 radical (unpaired) electrons. The van der Waals surface area contributed by atoms with Crippen LogP contribution in [0, 0.1) is 29.1 Å². The van der Waals surface area contributed by atoms with Crippen molar-refractivity contribution in [2.24, 2.45) is 29.1 Å². The number of hydrogen-bond donors (Lipinski definition) is 0. The van der Waals surface area contributed by atoms with Crippen LogP contribution in [-0.4, -0.2) is 0 Å². The fourth-order valence-electron chi connectivity index (χ4n) is 5.67.